The average Bonchev–Trinajstić information content (AvgIpc) is 2.54. The van der Waals surface area contributed by atoms with Gasteiger partial charge in [0.2, 0.25) is 0 Å². The summed E-state index contributed by atoms with van der Waals surface area (Å²) < 4.78 is 23.2. The smallest absolute Gasteiger partial charge is 0.152 e. The summed E-state index contributed by atoms with van der Waals surface area (Å²) in [5.41, 5.74) is 0.844. The largest absolute Gasteiger partial charge is 0.296 e. The van der Waals surface area contributed by atoms with Gasteiger partial charge < -0.3 is 0 Å². The molecule has 0 spiro atoms. The first-order chi connectivity index (χ1) is 8.31. The summed E-state index contributed by atoms with van der Waals surface area (Å²) in [6, 6.07) is 7.69. The summed E-state index contributed by atoms with van der Waals surface area (Å²) in [4.78, 5) is 2.11. The van der Waals surface area contributed by atoms with E-state index < -0.39 is 9.84 Å². The molecule has 0 amide bonds. The topological polar surface area (TPSA) is 37.4 Å². The van der Waals surface area contributed by atoms with Gasteiger partial charge in [0.15, 0.2) is 9.84 Å². The maximum Gasteiger partial charge on any atom is 0.152 e. The van der Waals surface area contributed by atoms with Crippen molar-refractivity contribution in [2.75, 3.05) is 18.6 Å². The van der Waals surface area contributed by atoms with E-state index in [1.165, 1.54) is 0 Å². The van der Waals surface area contributed by atoms with Crippen molar-refractivity contribution < 1.29 is 8.42 Å². The molecule has 1 saturated heterocycles. The van der Waals surface area contributed by atoms with Crippen LogP contribution >= 0.6 is 11.6 Å². The molecule has 1 fully saturated rings. The molecule has 1 aromatic carbocycles. The molecule has 0 aliphatic carbocycles. The number of sulfone groups is 1. The van der Waals surface area contributed by atoms with E-state index in [4.69, 9.17) is 11.6 Å². The van der Waals surface area contributed by atoms with Crippen molar-refractivity contribution in [3.05, 3.63) is 34.9 Å². The molecule has 0 N–H and O–H groups in total. The molecule has 1 aromatic rings. The van der Waals surface area contributed by atoms with Crippen LogP contribution in [0.15, 0.2) is 24.3 Å². The van der Waals surface area contributed by atoms with Gasteiger partial charge in [-0.15, -0.1) is 0 Å². The minimum absolute atomic E-state index is 0.247. The molecule has 0 saturated carbocycles. The molecule has 0 radical (unpaired) electrons. The molecule has 1 atom stereocenters. The van der Waals surface area contributed by atoms with Gasteiger partial charge in [0, 0.05) is 17.1 Å². The average molecular weight is 288 g/mol. The molecule has 0 bridgehead atoms. The van der Waals surface area contributed by atoms with Crippen molar-refractivity contribution in [2.24, 2.45) is 0 Å². The van der Waals surface area contributed by atoms with E-state index in [1.807, 2.05) is 38.2 Å². The van der Waals surface area contributed by atoms with Crippen LogP contribution in [0.2, 0.25) is 5.02 Å². The lowest BCUT2D eigenvalue weighted by molar-refractivity contribution is 0.154. The third kappa shape index (κ3) is 3.05. The Morgan fingerprint density at radius 2 is 2.17 bits per heavy atom. The Morgan fingerprint density at radius 3 is 2.72 bits per heavy atom. The zero-order chi connectivity index (χ0) is 13.4. The van der Waals surface area contributed by atoms with E-state index >= 15 is 0 Å². The van der Waals surface area contributed by atoms with Crippen LogP contribution in [0, 0.1) is 0 Å². The molecule has 1 aliphatic heterocycles. The van der Waals surface area contributed by atoms with Crippen molar-refractivity contribution in [1.29, 1.82) is 0 Å². The maximum atomic E-state index is 11.6. The van der Waals surface area contributed by atoms with Crippen molar-refractivity contribution in [3.8, 4) is 0 Å². The molecule has 1 heterocycles. The predicted molar refractivity (Wildman–Crippen MR) is 74.6 cm³/mol. The molecule has 0 aromatic heterocycles. The van der Waals surface area contributed by atoms with Gasteiger partial charge in [-0.25, -0.2) is 8.42 Å². The summed E-state index contributed by atoms with van der Waals surface area (Å²) in [5, 5.41) is 0.713. The number of hydrogen-bond donors (Lipinski definition) is 0. The highest BCUT2D eigenvalue weighted by Crippen LogP contribution is 2.29. The Bertz CT molecular complexity index is 544. The molecule has 5 heteroatoms. The van der Waals surface area contributed by atoms with Crippen LogP contribution in [0.5, 0.6) is 0 Å². The maximum absolute atomic E-state index is 11.6. The molecule has 2 rings (SSSR count). The van der Waals surface area contributed by atoms with Crippen molar-refractivity contribution >= 4 is 21.4 Å². The molecule has 100 valence electrons. The van der Waals surface area contributed by atoms with E-state index in [-0.39, 0.29) is 11.3 Å². The second-order valence-electron chi connectivity index (χ2n) is 5.32. The number of hydrogen-bond acceptors (Lipinski definition) is 3. The highest BCUT2D eigenvalue weighted by Gasteiger charge is 2.41. The minimum Gasteiger partial charge on any atom is -0.296 e. The van der Waals surface area contributed by atoms with Crippen LogP contribution in [0.4, 0.5) is 0 Å². The van der Waals surface area contributed by atoms with E-state index in [0.29, 0.717) is 23.7 Å². The van der Waals surface area contributed by atoms with Gasteiger partial charge in [0.05, 0.1) is 11.5 Å². The Hall–Kier alpha value is -0.580. The Balaban J connectivity index is 2.11. The zero-order valence-electron chi connectivity index (χ0n) is 10.7. The van der Waals surface area contributed by atoms with E-state index in [0.717, 1.165) is 5.56 Å². The first-order valence-electron chi connectivity index (χ1n) is 5.97. The Labute approximate surface area is 114 Å². The molecular formula is C13H18ClNO2S. The fraction of sp³-hybridized carbons (Fsp3) is 0.538. The SMILES string of the molecule is CN(Cc1cccc(Cl)c1)[C@@]1(C)CCS(=O)(=O)C1. The third-order valence-corrected chi connectivity index (χ3v) is 5.84. The van der Waals surface area contributed by atoms with E-state index in [2.05, 4.69) is 4.90 Å². The standard InChI is InChI=1S/C13H18ClNO2S/c1-13(6-7-18(16,17)10-13)15(2)9-11-4-3-5-12(14)8-11/h3-5,8H,6-7,9-10H2,1-2H3/t13-/m0/s1. The molecule has 1 aliphatic rings. The van der Waals surface area contributed by atoms with Gasteiger partial charge in [-0.2, -0.15) is 0 Å². The Kier molecular flexibility index (Phi) is 3.72. The highest BCUT2D eigenvalue weighted by molar-refractivity contribution is 7.91. The van der Waals surface area contributed by atoms with Crippen LogP contribution in [0.25, 0.3) is 0 Å². The van der Waals surface area contributed by atoms with Crippen LogP contribution in [-0.2, 0) is 16.4 Å². The Morgan fingerprint density at radius 1 is 1.44 bits per heavy atom. The molecule has 18 heavy (non-hydrogen) atoms. The van der Waals surface area contributed by atoms with E-state index in [1.54, 1.807) is 0 Å². The lowest BCUT2D eigenvalue weighted by Gasteiger charge is -2.34. The molecule has 0 unspecified atom stereocenters. The van der Waals surface area contributed by atoms with Gasteiger partial charge in [-0.3, -0.25) is 4.90 Å². The summed E-state index contributed by atoms with van der Waals surface area (Å²) >= 11 is 5.95. The van der Waals surface area contributed by atoms with Gasteiger partial charge in [-0.1, -0.05) is 23.7 Å². The second-order valence-corrected chi connectivity index (χ2v) is 7.95. The van der Waals surface area contributed by atoms with Gasteiger partial charge >= 0.3 is 0 Å². The van der Waals surface area contributed by atoms with Crippen molar-refractivity contribution in [2.45, 2.75) is 25.4 Å². The predicted octanol–water partition coefficient (Wildman–Crippen LogP) is 2.35. The number of nitrogens with zero attached hydrogens (tertiary/aromatic N) is 1. The quantitative estimate of drug-likeness (QED) is 0.856. The summed E-state index contributed by atoms with van der Waals surface area (Å²) in [5.74, 6) is 0.542. The van der Waals surface area contributed by atoms with Crippen LogP contribution < -0.4 is 0 Å². The summed E-state index contributed by atoms with van der Waals surface area (Å²) in [6.45, 7) is 2.73. The van der Waals surface area contributed by atoms with E-state index in [9.17, 15) is 8.42 Å². The summed E-state index contributed by atoms with van der Waals surface area (Å²) in [7, 11) is -0.893. The van der Waals surface area contributed by atoms with Crippen molar-refractivity contribution in [3.63, 3.8) is 0 Å². The third-order valence-electron chi connectivity index (χ3n) is 3.71. The normalized spacial score (nSPS) is 26.7. The van der Waals surface area contributed by atoms with Crippen molar-refractivity contribution in [1.82, 2.24) is 4.90 Å². The lowest BCUT2D eigenvalue weighted by atomic mass is 9.99. The minimum atomic E-state index is -2.87. The zero-order valence-corrected chi connectivity index (χ0v) is 12.3. The van der Waals surface area contributed by atoms with Gasteiger partial charge in [-0.05, 0) is 38.1 Å². The summed E-state index contributed by atoms with van der Waals surface area (Å²) in [6.07, 6.45) is 0.701. The second kappa shape index (κ2) is 4.83. The fourth-order valence-electron chi connectivity index (χ4n) is 2.39. The lowest BCUT2D eigenvalue weighted by Crippen LogP contribution is -2.44. The fourth-order valence-corrected chi connectivity index (χ4v) is 4.81. The van der Waals surface area contributed by atoms with Crippen LogP contribution in [0.1, 0.15) is 18.9 Å². The number of rotatable bonds is 3. The van der Waals surface area contributed by atoms with Crippen LogP contribution in [-0.4, -0.2) is 37.4 Å². The molecule has 3 nitrogen and oxygen atoms in total. The number of benzene rings is 1. The first-order valence-corrected chi connectivity index (χ1v) is 8.17. The first kappa shape index (κ1) is 13.8. The van der Waals surface area contributed by atoms with Crippen LogP contribution in [0.3, 0.4) is 0 Å². The number of halogens is 1. The highest BCUT2D eigenvalue weighted by atomic mass is 35.5. The monoisotopic (exact) mass is 287 g/mol. The molecular weight excluding hydrogens is 270 g/mol. The van der Waals surface area contributed by atoms with Gasteiger partial charge in [0.25, 0.3) is 0 Å². The van der Waals surface area contributed by atoms with Gasteiger partial charge in [0.1, 0.15) is 0 Å².